The average Bonchev–Trinajstić information content (AvgIpc) is 3.14. The number of alkyl carbamates (subject to hydrolysis) is 1. The van der Waals surface area contributed by atoms with E-state index in [1.54, 1.807) is 0 Å². The Morgan fingerprint density at radius 3 is 2.28 bits per heavy atom. The van der Waals surface area contributed by atoms with Crippen molar-refractivity contribution in [2.24, 2.45) is 0 Å². The van der Waals surface area contributed by atoms with Crippen LogP contribution in [0.3, 0.4) is 0 Å². The number of carbonyl (C=O) groups is 1. The normalized spacial score (nSPS) is 11.7. The standard InChI is InChI=1S/C26H21F2NO3/c1-31-23-14-13-17(24(27)25(23)28)8-6-7-15-29-26(30)32-16-22-20-11-4-2-9-18(20)19-10-3-5-12-21(19)22/h2-5,9-14,22H,7,15-16H2,1H3,(H,29,30). The number of hydrogen-bond donors (Lipinski definition) is 1. The van der Waals surface area contributed by atoms with E-state index in [1.165, 1.54) is 19.2 Å². The third-order valence-electron chi connectivity index (χ3n) is 5.35. The Morgan fingerprint density at radius 1 is 0.969 bits per heavy atom. The van der Waals surface area contributed by atoms with Crippen molar-refractivity contribution >= 4 is 6.09 Å². The number of rotatable bonds is 5. The molecule has 4 nitrogen and oxygen atoms in total. The van der Waals surface area contributed by atoms with E-state index in [4.69, 9.17) is 9.47 Å². The first-order chi connectivity index (χ1) is 15.6. The third kappa shape index (κ3) is 4.28. The van der Waals surface area contributed by atoms with E-state index in [0.717, 1.165) is 22.3 Å². The fourth-order valence-electron chi connectivity index (χ4n) is 3.82. The van der Waals surface area contributed by atoms with Crippen molar-refractivity contribution in [1.29, 1.82) is 0 Å². The molecule has 32 heavy (non-hydrogen) atoms. The van der Waals surface area contributed by atoms with E-state index >= 15 is 0 Å². The number of ether oxygens (including phenoxy) is 2. The maximum atomic E-state index is 13.9. The van der Waals surface area contributed by atoms with Gasteiger partial charge in [0.25, 0.3) is 0 Å². The molecule has 0 saturated heterocycles. The van der Waals surface area contributed by atoms with Gasteiger partial charge in [0.1, 0.15) is 6.61 Å². The molecule has 1 N–H and O–H groups in total. The zero-order valence-corrected chi connectivity index (χ0v) is 17.5. The minimum atomic E-state index is -1.07. The minimum absolute atomic E-state index is 0.0131. The molecule has 0 radical (unpaired) electrons. The van der Waals surface area contributed by atoms with Gasteiger partial charge in [0.2, 0.25) is 5.82 Å². The number of benzene rings is 3. The molecule has 1 aliphatic rings. The van der Waals surface area contributed by atoms with Crippen LogP contribution in [0.2, 0.25) is 0 Å². The van der Waals surface area contributed by atoms with Crippen LogP contribution in [-0.2, 0) is 4.74 Å². The number of hydrogen-bond acceptors (Lipinski definition) is 3. The lowest BCUT2D eigenvalue weighted by molar-refractivity contribution is 0.143. The second-order valence-corrected chi connectivity index (χ2v) is 7.25. The summed E-state index contributed by atoms with van der Waals surface area (Å²) >= 11 is 0. The van der Waals surface area contributed by atoms with Crippen LogP contribution in [0.5, 0.6) is 5.75 Å². The van der Waals surface area contributed by atoms with Gasteiger partial charge in [0, 0.05) is 18.9 Å². The van der Waals surface area contributed by atoms with Crippen LogP contribution in [0.15, 0.2) is 60.7 Å². The van der Waals surface area contributed by atoms with E-state index in [0.29, 0.717) is 0 Å². The molecular formula is C26H21F2NO3. The highest BCUT2D eigenvalue weighted by molar-refractivity contribution is 5.79. The lowest BCUT2D eigenvalue weighted by Gasteiger charge is -2.14. The Morgan fingerprint density at radius 2 is 1.62 bits per heavy atom. The zero-order valence-electron chi connectivity index (χ0n) is 17.5. The Labute approximate surface area is 185 Å². The van der Waals surface area contributed by atoms with Crippen LogP contribution in [0.1, 0.15) is 29.0 Å². The summed E-state index contributed by atoms with van der Waals surface area (Å²) in [5, 5.41) is 2.63. The molecule has 1 amide bonds. The largest absolute Gasteiger partial charge is 0.494 e. The predicted octanol–water partition coefficient (Wildman–Crippen LogP) is 5.25. The molecular weight excluding hydrogens is 412 g/mol. The zero-order chi connectivity index (χ0) is 22.5. The summed E-state index contributed by atoms with van der Waals surface area (Å²) in [5.74, 6) is 2.97. The molecule has 0 atom stereocenters. The SMILES string of the molecule is COc1ccc(C#CCCNC(=O)OCC2c3ccccc3-c3ccccc32)c(F)c1F. The fourth-order valence-corrected chi connectivity index (χ4v) is 3.82. The molecule has 0 unspecified atom stereocenters. The van der Waals surface area contributed by atoms with Crippen LogP contribution >= 0.6 is 0 Å². The van der Waals surface area contributed by atoms with Crippen LogP contribution in [0.4, 0.5) is 13.6 Å². The van der Waals surface area contributed by atoms with Crippen molar-refractivity contribution in [3.8, 4) is 28.7 Å². The van der Waals surface area contributed by atoms with Crippen molar-refractivity contribution in [3.05, 3.63) is 89.0 Å². The number of amides is 1. The molecule has 0 aliphatic heterocycles. The summed E-state index contributed by atoms with van der Waals surface area (Å²) in [4.78, 5) is 12.1. The molecule has 3 aromatic rings. The second kappa shape index (κ2) is 9.52. The van der Waals surface area contributed by atoms with E-state index in [1.807, 2.05) is 24.3 Å². The Bertz CT molecular complexity index is 1170. The van der Waals surface area contributed by atoms with Gasteiger partial charge in [-0.05, 0) is 34.4 Å². The van der Waals surface area contributed by atoms with E-state index in [2.05, 4.69) is 41.4 Å². The number of nitrogens with one attached hydrogen (secondary N) is 1. The number of carbonyl (C=O) groups excluding carboxylic acids is 1. The molecule has 162 valence electrons. The quantitative estimate of drug-likeness (QED) is 0.441. The molecule has 0 aromatic heterocycles. The predicted molar refractivity (Wildman–Crippen MR) is 117 cm³/mol. The highest BCUT2D eigenvalue weighted by Gasteiger charge is 2.28. The van der Waals surface area contributed by atoms with Crippen molar-refractivity contribution in [3.63, 3.8) is 0 Å². The Kier molecular flexibility index (Phi) is 6.37. The summed E-state index contributed by atoms with van der Waals surface area (Å²) < 4.78 is 37.8. The summed E-state index contributed by atoms with van der Waals surface area (Å²) in [6.07, 6.45) is -0.285. The maximum absolute atomic E-state index is 13.9. The molecule has 0 heterocycles. The number of methoxy groups -OCH3 is 1. The van der Waals surface area contributed by atoms with Gasteiger partial charge in [-0.1, -0.05) is 60.4 Å². The molecule has 0 bridgehead atoms. The first-order valence-electron chi connectivity index (χ1n) is 10.2. The second-order valence-electron chi connectivity index (χ2n) is 7.25. The molecule has 4 rings (SSSR count). The highest BCUT2D eigenvalue weighted by atomic mass is 19.2. The van der Waals surface area contributed by atoms with Crippen LogP contribution in [-0.4, -0.2) is 26.4 Å². The molecule has 1 aliphatic carbocycles. The highest BCUT2D eigenvalue weighted by Crippen LogP contribution is 2.44. The summed E-state index contributed by atoms with van der Waals surface area (Å²) in [7, 11) is 1.26. The fraction of sp³-hybridized carbons (Fsp3) is 0.192. The van der Waals surface area contributed by atoms with E-state index in [9.17, 15) is 13.6 Å². The lowest BCUT2D eigenvalue weighted by Crippen LogP contribution is -2.26. The van der Waals surface area contributed by atoms with Gasteiger partial charge < -0.3 is 14.8 Å². The number of halogens is 2. The minimum Gasteiger partial charge on any atom is -0.494 e. The molecule has 0 spiro atoms. The lowest BCUT2D eigenvalue weighted by atomic mass is 9.98. The summed E-state index contributed by atoms with van der Waals surface area (Å²) in [6.45, 7) is 0.450. The molecule has 0 fully saturated rings. The average molecular weight is 433 g/mol. The van der Waals surface area contributed by atoms with Crippen LogP contribution < -0.4 is 10.1 Å². The van der Waals surface area contributed by atoms with Crippen molar-refractivity contribution < 1.29 is 23.0 Å². The van der Waals surface area contributed by atoms with Gasteiger partial charge in [-0.2, -0.15) is 4.39 Å². The number of fused-ring (bicyclic) bond motifs is 3. The van der Waals surface area contributed by atoms with Crippen LogP contribution in [0, 0.1) is 23.5 Å². The first kappa shape index (κ1) is 21.4. The summed E-state index contributed by atoms with van der Waals surface area (Å²) in [5.41, 5.74) is 4.54. The first-order valence-corrected chi connectivity index (χ1v) is 10.2. The van der Waals surface area contributed by atoms with Crippen molar-refractivity contribution in [2.45, 2.75) is 12.3 Å². The van der Waals surface area contributed by atoms with E-state index in [-0.39, 0.29) is 36.8 Å². The molecule has 6 heteroatoms. The van der Waals surface area contributed by atoms with Crippen molar-refractivity contribution in [1.82, 2.24) is 5.32 Å². The maximum Gasteiger partial charge on any atom is 0.407 e. The third-order valence-corrected chi connectivity index (χ3v) is 5.35. The molecule has 0 saturated carbocycles. The topological polar surface area (TPSA) is 47.6 Å². The Hall–Kier alpha value is -3.85. The van der Waals surface area contributed by atoms with Gasteiger partial charge in [-0.15, -0.1) is 0 Å². The van der Waals surface area contributed by atoms with Gasteiger partial charge in [-0.25, -0.2) is 9.18 Å². The smallest absolute Gasteiger partial charge is 0.407 e. The monoisotopic (exact) mass is 433 g/mol. The van der Waals surface area contributed by atoms with Crippen molar-refractivity contribution in [2.75, 3.05) is 20.3 Å². The van der Waals surface area contributed by atoms with E-state index < -0.39 is 17.7 Å². The van der Waals surface area contributed by atoms with Gasteiger partial charge >= 0.3 is 6.09 Å². The Balaban J connectivity index is 1.29. The van der Waals surface area contributed by atoms with Crippen LogP contribution in [0.25, 0.3) is 11.1 Å². The van der Waals surface area contributed by atoms with Gasteiger partial charge in [0.15, 0.2) is 11.6 Å². The van der Waals surface area contributed by atoms with Gasteiger partial charge in [0.05, 0.1) is 12.7 Å². The summed E-state index contributed by atoms with van der Waals surface area (Å²) in [6, 6.07) is 18.9. The molecule has 3 aromatic carbocycles. The van der Waals surface area contributed by atoms with Gasteiger partial charge in [-0.3, -0.25) is 0 Å².